The molecule has 2 fully saturated rings. The highest BCUT2D eigenvalue weighted by Gasteiger charge is 2.47. The fraction of sp³-hybridized carbons (Fsp3) is 0.615. The average molecular weight is 517 g/mol. The number of thioether (sulfide) groups is 1. The molecule has 1 aromatic carbocycles. The summed E-state index contributed by atoms with van der Waals surface area (Å²) in [6.45, 7) is 6.76. The minimum atomic E-state index is -0.871. The number of nitrogens with one attached hydrogen (secondary N) is 3. The van der Waals surface area contributed by atoms with E-state index in [9.17, 15) is 19.2 Å². The molecule has 2 heterocycles. The standard InChI is InChI=1S/C26H36N4O5S/c1-15(27-25(34)35-26(2,3)4)22(31)29-19-12-13-21-30(24(19)33)20(14-36-21)23(32)28-18-11-7-9-16-8-5-6-10-17(16)18/h5-6,8,10,15,18-21H,7,9,11-14H2,1-4H3,(H,27,34)(H,28,32)(H,29,31). The Bertz CT molecular complexity index is 1030. The number of hydrogen-bond acceptors (Lipinski definition) is 6. The van der Waals surface area contributed by atoms with Gasteiger partial charge >= 0.3 is 6.09 Å². The van der Waals surface area contributed by atoms with Crippen molar-refractivity contribution in [3.8, 4) is 0 Å². The Labute approximate surface area is 216 Å². The molecule has 196 valence electrons. The zero-order valence-electron chi connectivity index (χ0n) is 21.3. The maximum Gasteiger partial charge on any atom is 0.408 e. The molecule has 0 bridgehead atoms. The van der Waals surface area contributed by atoms with Crippen LogP contribution in [-0.2, 0) is 25.5 Å². The smallest absolute Gasteiger partial charge is 0.408 e. The van der Waals surface area contributed by atoms with Crippen LogP contribution < -0.4 is 16.0 Å². The molecular weight excluding hydrogens is 480 g/mol. The van der Waals surface area contributed by atoms with Crippen LogP contribution in [0, 0.1) is 0 Å². The molecule has 4 amide bonds. The minimum Gasteiger partial charge on any atom is -0.444 e. The summed E-state index contributed by atoms with van der Waals surface area (Å²) in [5.41, 5.74) is 1.73. The molecule has 5 unspecified atom stereocenters. The zero-order chi connectivity index (χ0) is 26.0. The first kappa shape index (κ1) is 26.3. The summed E-state index contributed by atoms with van der Waals surface area (Å²) >= 11 is 1.61. The lowest BCUT2D eigenvalue weighted by molar-refractivity contribution is -0.145. The van der Waals surface area contributed by atoms with Crippen molar-refractivity contribution in [3.05, 3.63) is 35.4 Å². The predicted octanol–water partition coefficient (Wildman–Crippen LogP) is 2.64. The second-order valence-electron chi connectivity index (χ2n) is 10.7. The van der Waals surface area contributed by atoms with E-state index in [0.717, 1.165) is 24.8 Å². The highest BCUT2D eigenvalue weighted by Crippen LogP contribution is 2.37. The molecule has 0 spiro atoms. The van der Waals surface area contributed by atoms with Gasteiger partial charge in [0.2, 0.25) is 17.7 Å². The number of amides is 4. The van der Waals surface area contributed by atoms with Gasteiger partial charge in [0.05, 0.1) is 11.4 Å². The zero-order valence-corrected chi connectivity index (χ0v) is 22.2. The number of alkyl carbamates (subject to hydrolysis) is 1. The first-order valence-corrected chi connectivity index (χ1v) is 13.7. The Morgan fingerprint density at radius 1 is 1.08 bits per heavy atom. The molecule has 5 atom stereocenters. The van der Waals surface area contributed by atoms with Crippen LogP contribution in [0.5, 0.6) is 0 Å². The number of fused-ring (bicyclic) bond motifs is 2. The Hall–Kier alpha value is -2.75. The quantitative estimate of drug-likeness (QED) is 0.554. The molecule has 10 heteroatoms. The van der Waals surface area contributed by atoms with E-state index in [0.29, 0.717) is 18.6 Å². The van der Waals surface area contributed by atoms with Crippen molar-refractivity contribution in [1.82, 2.24) is 20.9 Å². The van der Waals surface area contributed by atoms with Gasteiger partial charge in [-0.2, -0.15) is 0 Å². The van der Waals surface area contributed by atoms with Crippen molar-refractivity contribution < 1.29 is 23.9 Å². The lowest BCUT2D eigenvalue weighted by Gasteiger charge is -2.38. The second-order valence-corrected chi connectivity index (χ2v) is 11.9. The van der Waals surface area contributed by atoms with E-state index in [1.807, 2.05) is 12.1 Å². The number of rotatable bonds is 5. The Kier molecular flexibility index (Phi) is 7.82. The molecule has 0 radical (unpaired) electrons. The van der Waals surface area contributed by atoms with Crippen LogP contribution in [0.2, 0.25) is 0 Å². The second kappa shape index (κ2) is 10.7. The largest absolute Gasteiger partial charge is 0.444 e. The van der Waals surface area contributed by atoms with Gasteiger partial charge in [-0.05, 0) is 70.9 Å². The van der Waals surface area contributed by atoms with Gasteiger partial charge in [-0.3, -0.25) is 14.4 Å². The van der Waals surface area contributed by atoms with E-state index in [2.05, 4.69) is 28.1 Å². The van der Waals surface area contributed by atoms with Gasteiger partial charge in [-0.15, -0.1) is 11.8 Å². The van der Waals surface area contributed by atoms with E-state index in [-0.39, 0.29) is 23.2 Å². The van der Waals surface area contributed by atoms with E-state index in [1.165, 1.54) is 5.56 Å². The van der Waals surface area contributed by atoms with Crippen LogP contribution in [-0.4, -0.2) is 63.6 Å². The van der Waals surface area contributed by atoms with Gasteiger partial charge in [0.1, 0.15) is 23.7 Å². The summed E-state index contributed by atoms with van der Waals surface area (Å²) in [6.07, 6.45) is 3.37. The maximum atomic E-state index is 13.4. The molecule has 1 aromatic rings. The predicted molar refractivity (Wildman–Crippen MR) is 137 cm³/mol. The highest BCUT2D eigenvalue weighted by atomic mass is 32.2. The molecule has 4 rings (SSSR count). The lowest BCUT2D eigenvalue weighted by atomic mass is 9.87. The molecule has 2 saturated heterocycles. The van der Waals surface area contributed by atoms with Gasteiger partial charge in [-0.25, -0.2) is 4.79 Å². The summed E-state index contributed by atoms with van der Waals surface area (Å²) in [5, 5.41) is 8.38. The Morgan fingerprint density at radius 2 is 1.83 bits per heavy atom. The van der Waals surface area contributed by atoms with Gasteiger partial charge in [0.15, 0.2) is 0 Å². The highest BCUT2D eigenvalue weighted by molar-refractivity contribution is 8.00. The number of ether oxygens (including phenoxy) is 1. The number of carbonyl (C=O) groups is 4. The van der Waals surface area contributed by atoms with Gasteiger partial charge in [0, 0.05) is 5.75 Å². The van der Waals surface area contributed by atoms with Gasteiger partial charge in [0.25, 0.3) is 0 Å². The van der Waals surface area contributed by atoms with E-state index >= 15 is 0 Å². The number of piperidine rings is 1. The third kappa shape index (κ3) is 5.96. The van der Waals surface area contributed by atoms with Crippen molar-refractivity contribution in [1.29, 1.82) is 0 Å². The third-order valence-corrected chi connectivity index (χ3v) is 8.13. The molecule has 3 N–H and O–H groups in total. The molecule has 9 nitrogen and oxygen atoms in total. The van der Waals surface area contributed by atoms with Crippen LogP contribution in [0.25, 0.3) is 0 Å². The number of aryl methyl sites for hydroxylation is 1. The fourth-order valence-corrected chi connectivity index (χ4v) is 6.48. The van der Waals surface area contributed by atoms with Crippen molar-refractivity contribution in [2.24, 2.45) is 0 Å². The van der Waals surface area contributed by atoms with Crippen molar-refractivity contribution >= 4 is 35.6 Å². The summed E-state index contributed by atoms with van der Waals surface area (Å²) in [5.74, 6) is -0.331. The minimum absolute atomic E-state index is 0.0540. The average Bonchev–Trinajstić information content (AvgIpc) is 3.25. The topological polar surface area (TPSA) is 117 Å². The monoisotopic (exact) mass is 516 g/mol. The van der Waals surface area contributed by atoms with E-state index in [4.69, 9.17) is 4.74 Å². The number of benzene rings is 1. The molecule has 0 saturated carbocycles. The van der Waals surface area contributed by atoms with Crippen LogP contribution in [0.1, 0.15) is 70.5 Å². The molecule has 3 aliphatic rings. The van der Waals surface area contributed by atoms with Crippen molar-refractivity contribution in [2.75, 3.05) is 5.75 Å². The van der Waals surface area contributed by atoms with E-state index in [1.54, 1.807) is 44.4 Å². The number of hydrogen-bond donors (Lipinski definition) is 3. The Morgan fingerprint density at radius 3 is 2.58 bits per heavy atom. The summed E-state index contributed by atoms with van der Waals surface area (Å²) < 4.78 is 5.20. The molecule has 0 aromatic heterocycles. The number of carbonyl (C=O) groups excluding carboxylic acids is 4. The van der Waals surface area contributed by atoms with Gasteiger partial charge in [-0.1, -0.05) is 24.3 Å². The first-order valence-electron chi connectivity index (χ1n) is 12.7. The number of nitrogens with zero attached hydrogens (tertiary/aromatic N) is 1. The molecule has 2 aliphatic heterocycles. The molecular formula is C26H36N4O5S. The summed E-state index contributed by atoms with van der Waals surface area (Å²) in [6, 6.07) is 5.95. The SMILES string of the molecule is CC(NC(=O)OC(C)(C)C)C(=O)NC1CCC2SCC(C(=O)NC3CCCc4ccccc43)N2C1=O. The molecule has 1 aliphatic carbocycles. The fourth-order valence-electron chi connectivity index (χ4n) is 5.05. The van der Waals surface area contributed by atoms with Crippen LogP contribution in [0.3, 0.4) is 0 Å². The van der Waals surface area contributed by atoms with E-state index < -0.39 is 35.7 Å². The van der Waals surface area contributed by atoms with Gasteiger partial charge < -0.3 is 25.6 Å². The third-order valence-electron chi connectivity index (χ3n) is 6.78. The van der Waals surface area contributed by atoms with Crippen molar-refractivity contribution in [2.45, 2.75) is 94.9 Å². The summed E-state index contributed by atoms with van der Waals surface area (Å²) in [4.78, 5) is 53.1. The van der Waals surface area contributed by atoms with Crippen LogP contribution in [0.4, 0.5) is 4.79 Å². The normalized spacial score (nSPS) is 26.3. The maximum absolute atomic E-state index is 13.4. The first-order chi connectivity index (χ1) is 17.0. The Balaban J connectivity index is 1.36. The lowest BCUT2D eigenvalue weighted by Crippen LogP contribution is -2.60. The van der Waals surface area contributed by atoms with Crippen molar-refractivity contribution in [3.63, 3.8) is 0 Å². The van der Waals surface area contributed by atoms with Crippen LogP contribution >= 0.6 is 11.8 Å². The van der Waals surface area contributed by atoms with Crippen LogP contribution in [0.15, 0.2) is 24.3 Å². The molecule has 36 heavy (non-hydrogen) atoms. The summed E-state index contributed by atoms with van der Waals surface area (Å²) in [7, 11) is 0.